The molecular formula is C24H33IN2O5. The minimum Gasteiger partial charge on any atom is -0.482 e. The highest BCUT2D eigenvalue weighted by Gasteiger charge is 2.42. The van der Waals surface area contributed by atoms with E-state index >= 15 is 0 Å². The van der Waals surface area contributed by atoms with Gasteiger partial charge in [0.1, 0.15) is 18.0 Å². The van der Waals surface area contributed by atoms with Crippen molar-refractivity contribution in [2.75, 3.05) is 13.2 Å². The topological polar surface area (TPSA) is 99.1 Å². The third-order valence-corrected chi connectivity index (χ3v) is 7.12. The van der Waals surface area contributed by atoms with Crippen molar-refractivity contribution in [2.24, 2.45) is 0 Å². The summed E-state index contributed by atoms with van der Waals surface area (Å²) in [5, 5.41) is 23.2. The zero-order valence-electron chi connectivity index (χ0n) is 18.5. The fourth-order valence-corrected chi connectivity index (χ4v) is 5.15. The number of carbonyl (C=O) groups is 2. The van der Waals surface area contributed by atoms with E-state index in [1.807, 2.05) is 36.1 Å². The Balaban J connectivity index is 1.93. The van der Waals surface area contributed by atoms with Crippen LogP contribution < -0.4 is 10.1 Å². The van der Waals surface area contributed by atoms with Gasteiger partial charge >= 0.3 is 0 Å². The van der Waals surface area contributed by atoms with Gasteiger partial charge in [-0.05, 0) is 53.6 Å². The van der Waals surface area contributed by atoms with Crippen molar-refractivity contribution in [3.05, 3.63) is 39.5 Å². The Labute approximate surface area is 203 Å². The van der Waals surface area contributed by atoms with Crippen LogP contribution in [0.25, 0.3) is 0 Å². The molecule has 0 bridgehead atoms. The Hall–Kier alpha value is -1.65. The first-order valence-electron chi connectivity index (χ1n) is 11.5. The van der Waals surface area contributed by atoms with Gasteiger partial charge in [-0.25, -0.2) is 0 Å². The molecule has 0 spiro atoms. The number of aliphatic hydroxyl groups is 2. The molecule has 0 aromatic heterocycles. The second-order valence-electron chi connectivity index (χ2n) is 8.39. The summed E-state index contributed by atoms with van der Waals surface area (Å²) >= 11 is 2.17. The summed E-state index contributed by atoms with van der Waals surface area (Å²) in [4.78, 5) is 27.7. The van der Waals surface area contributed by atoms with E-state index in [0.717, 1.165) is 35.7 Å². The van der Waals surface area contributed by atoms with E-state index in [1.54, 1.807) is 6.08 Å². The predicted molar refractivity (Wildman–Crippen MR) is 130 cm³/mol. The van der Waals surface area contributed by atoms with Crippen LogP contribution in [0.15, 0.2) is 35.9 Å². The van der Waals surface area contributed by atoms with Gasteiger partial charge in [0.15, 0.2) is 0 Å². The lowest BCUT2D eigenvalue weighted by atomic mass is 9.85. The van der Waals surface area contributed by atoms with E-state index in [0.29, 0.717) is 17.7 Å². The third kappa shape index (κ3) is 6.02. The van der Waals surface area contributed by atoms with Crippen molar-refractivity contribution in [1.29, 1.82) is 0 Å². The van der Waals surface area contributed by atoms with Crippen molar-refractivity contribution < 1.29 is 24.5 Å². The molecule has 1 aromatic rings. The van der Waals surface area contributed by atoms with Crippen molar-refractivity contribution in [3.63, 3.8) is 0 Å². The van der Waals surface area contributed by atoms with Gasteiger partial charge in [-0.1, -0.05) is 38.3 Å². The predicted octanol–water partition coefficient (Wildman–Crippen LogP) is 2.78. The summed E-state index contributed by atoms with van der Waals surface area (Å²) in [7, 11) is 0. The molecule has 3 unspecified atom stereocenters. The number of aliphatic hydroxyl groups excluding tert-OH is 2. The molecule has 1 saturated carbocycles. The first kappa shape index (κ1) is 25.0. The highest BCUT2D eigenvalue weighted by atomic mass is 127. The Bertz CT molecular complexity index is 824. The van der Waals surface area contributed by atoms with Crippen LogP contribution >= 0.6 is 22.6 Å². The number of para-hydroxylation sites is 1. The number of benzene rings is 1. The number of amides is 2. The Kier molecular flexibility index (Phi) is 9.36. The van der Waals surface area contributed by atoms with Gasteiger partial charge in [-0.15, -0.1) is 0 Å². The molecule has 2 amide bonds. The smallest absolute Gasteiger partial charge is 0.247 e. The number of halogens is 1. The van der Waals surface area contributed by atoms with Gasteiger partial charge in [-0.2, -0.15) is 0 Å². The summed E-state index contributed by atoms with van der Waals surface area (Å²) in [5.74, 6) is 0.307. The molecule has 3 rings (SSSR count). The van der Waals surface area contributed by atoms with Gasteiger partial charge in [0.2, 0.25) is 11.8 Å². The standard InChI is InChI=1S/C24H33IN2O5/c1-2-22(29)27(17-8-4-3-5-9-17)19-14-16(24(31)26-12-13-28)15-21(23(19)30)32-20-11-7-6-10-18(20)25/h6-7,10-11,15,17,19,21,23,28,30H,2-5,8-9,12-14H2,1H3,(H,26,31). The number of ether oxygens (including phenoxy) is 1. The van der Waals surface area contributed by atoms with Gasteiger partial charge in [0, 0.05) is 31.0 Å². The average Bonchev–Trinajstić information content (AvgIpc) is 2.81. The summed E-state index contributed by atoms with van der Waals surface area (Å²) in [5.41, 5.74) is 0.467. The van der Waals surface area contributed by atoms with Crippen LogP contribution in [0.5, 0.6) is 5.75 Å². The molecule has 2 aliphatic carbocycles. The van der Waals surface area contributed by atoms with Crippen molar-refractivity contribution in [2.45, 2.75) is 76.2 Å². The number of rotatable bonds is 8. The highest BCUT2D eigenvalue weighted by molar-refractivity contribution is 14.1. The van der Waals surface area contributed by atoms with Crippen LogP contribution in [0.4, 0.5) is 0 Å². The quantitative estimate of drug-likeness (QED) is 0.428. The van der Waals surface area contributed by atoms with Crippen LogP contribution in [0.3, 0.4) is 0 Å². The van der Waals surface area contributed by atoms with E-state index in [4.69, 9.17) is 9.84 Å². The molecule has 7 nitrogen and oxygen atoms in total. The average molecular weight is 556 g/mol. The third-order valence-electron chi connectivity index (χ3n) is 6.23. The molecule has 8 heteroatoms. The molecule has 0 saturated heterocycles. The lowest BCUT2D eigenvalue weighted by Crippen LogP contribution is -2.58. The summed E-state index contributed by atoms with van der Waals surface area (Å²) < 4.78 is 7.06. The molecule has 0 radical (unpaired) electrons. The molecule has 1 aromatic carbocycles. The zero-order chi connectivity index (χ0) is 23.1. The number of nitrogens with one attached hydrogen (secondary N) is 1. The van der Waals surface area contributed by atoms with Crippen LogP contribution in [0, 0.1) is 3.57 Å². The van der Waals surface area contributed by atoms with Crippen molar-refractivity contribution in [3.8, 4) is 5.75 Å². The van der Waals surface area contributed by atoms with E-state index in [9.17, 15) is 14.7 Å². The van der Waals surface area contributed by atoms with Crippen LogP contribution in [-0.2, 0) is 9.59 Å². The lowest BCUT2D eigenvalue weighted by Gasteiger charge is -2.45. The molecule has 176 valence electrons. The molecule has 3 atom stereocenters. The highest BCUT2D eigenvalue weighted by Crippen LogP contribution is 2.33. The zero-order valence-corrected chi connectivity index (χ0v) is 20.7. The monoisotopic (exact) mass is 556 g/mol. The van der Waals surface area contributed by atoms with E-state index in [-0.39, 0.29) is 37.4 Å². The minimum atomic E-state index is -0.960. The van der Waals surface area contributed by atoms with Crippen molar-refractivity contribution in [1.82, 2.24) is 10.2 Å². The summed E-state index contributed by atoms with van der Waals surface area (Å²) in [6.45, 7) is 1.82. The number of hydrogen-bond donors (Lipinski definition) is 3. The van der Waals surface area contributed by atoms with Crippen LogP contribution in [0.1, 0.15) is 51.9 Å². The van der Waals surface area contributed by atoms with Gasteiger partial charge < -0.3 is 25.2 Å². The maximum Gasteiger partial charge on any atom is 0.247 e. The normalized spacial score (nSPS) is 23.9. The SMILES string of the molecule is CCC(=O)N(C1CCCCC1)C1CC(C(=O)NCCO)=CC(Oc2ccccc2I)C1O. The first-order valence-corrected chi connectivity index (χ1v) is 12.5. The molecule has 3 N–H and O–H groups in total. The van der Waals surface area contributed by atoms with Crippen LogP contribution in [0.2, 0.25) is 0 Å². The second-order valence-corrected chi connectivity index (χ2v) is 9.55. The fourth-order valence-electron chi connectivity index (χ4n) is 4.64. The number of hydrogen-bond acceptors (Lipinski definition) is 5. The van der Waals surface area contributed by atoms with E-state index in [2.05, 4.69) is 27.9 Å². The molecule has 32 heavy (non-hydrogen) atoms. The Morgan fingerprint density at radius 2 is 1.94 bits per heavy atom. The molecule has 0 heterocycles. The van der Waals surface area contributed by atoms with E-state index in [1.165, 1.54) is 0 Å². The minimum absolute atomic E-state index is 0.00833. The Morgan fingerprint density at radius 1 is 1.22 bits per heavy atom. The van der Waals surface area contributed by atoms with E-state index < -0.39 is 18.2 Å². The van der Waals surface area contributed by atoms with Gasteiger partial charge in [0.25, 0.3) is 0 Å². The van der Waals surface area contributed by atoms with Crippen LogP contribution in [-0.4, -0.2) is 64.4 Å². The summed E-state index contributed by atoms with van der Waals surface area (Å²) in [6.07, 6.45) is 5.63. The lowest BCUT2D eigenvalue weighted by molar-refractivity contribution is -0.142. The largest absolute Gasteiger partial charge is 0.482 e. The molecule has 1 fully saturated rings. The molecule has 2 aliphatic rings. The van der Waals surface area contributed by atoms with Gasteiger partial charge in [-0.3, -0.25) is 9.59 Å². The van der Waals surface area contributed by atoms with Gasteiger partial charge in [0.05, 0.1) is 16.2 Å². The maximum absolute atomic E-state index is 13.0. The maximum atomic E-state index is 13.0. The number of carbonyl (C=O) groups excluding carboxylic acids is 2. The Morgan fingerprint density at radius 3 is 2.59 bits per heavy atom. The molecular weight excluding hydrogens is 523 g/mol. The fraction of sp³-hybridized carbons (Fsp3) is 0.583. The summed E-state index contributed by atoms with van der Waals surface area (Å²) in [6, 6.07) is 7.02. The molecule has 0 aliphatic heterocycles. The van der Waals surface area contributed by atoms with Crippen molar-refractivity contribution >= 4 is 34.4 Å². The number of nitrogens with zero attached hydrogens (tertiary/aromatic N) is 1. The first-order chi connectivity index (χ1) is 15.5. The second kappa shape index (κ2) is 12.0.